The molecule has 0 saturated heterocycles. The Bertz CT molecular complexity index is 354. The van der Waals surface area contributed by atoms with Crippen LogP contribution in [0.1, 0.15) is 5.56 Å². The summed E-state index contributed by atoms with van der Waals surface area (Å²) in [5.74, 6) is -1.15. The number of rotatable bonds is 2. The molecule has 0 aromatic heterocycles. The quantitative estimate of drug-likeness (QED) is 0.503. The molecule has 14 heavy (non-hydrogen) atoms. The van der Waals surface area contributed by atoms with E-state index in [4.69, 9.17) is 0 Å². The van der Waals surface area contributed by atoms with Crippen molar-refractivity contribution in [3.8, 4) is 0 Å². The summed E-state index contributed by atoms with van der Waals surface area (Å²) in [6, 6.07) is 7.17. The Labute approximate surface area is 90.1 Å². The van der Waals surface area contributed by atoms with E-state index in [0.29, 0.717) is 0 Å². The topological polar surface area (TPSA) is 46.5 Å². The molecule has 0 heterocycles. The van der Waals surface area contributed by atoms with Gasteiger partial charge in [-0.05, 0) is 23.8 Å². The zero-order chi connectivity index (χ0) is 10.6. The van der Waals surface area contributed by atoms with Gasteiger partial charge >= 0.3 is 5.97 Å². The minimum Gasteiger partial charge on any atom is -0.502 e. The van der Waals surface area contributed by atoms with Crippen molar-refractivity contribution in [2.45, 2.75) is 0 Å². The lowest BCUT2D eigenvalue weighted by molar-refractivity contribution is -0.138. The maximum Gasteiger partial charge on any atom is 0.373 e. The van der Waals surface area contributed by atoms with Gasteiger partial charge in [0.05, 0.1) is 7.11 Å². The van der Waals surface area contributed by atoms with Crippen LogP contribution < -0.4 is 0 Å². The second kappa shape index (κ2) is 4.81. The summed E-state index contributed by atoms with van der Waals surface area (Å²) in [5, 5.41) is 9.22. The first-order valence-corrected chi connectivity index (χ1v) is 4.67. The minimum absolute atomic E-state index is 0.408. The molecule has 0 spiro atoms. The third-order valence-electron chi connectivity index (χ3n) is 1.57. The molecule has 0 fully saturated rings. The number of halogens is 1. The van der Waals surface area contributed by atoms with E-state index >= 15 is 0 Å². The van der Waals surface area contributed by atoms with Crippen LogP contribution in [0.4, 0.5) is 0 Å². The Morgan fingerprint density at radius 1 is 1.43 bits per heavy atom. The number of aliphatic hydroxyl groups excluding tert-OH is 1. The van der Waals surface area contributed by atoms with E-state index in [2.05, 4.69) is 20.7 Å². The van der Waals surface area contributed by atoms with E-state index in [1.807, 2.05) is 12.1 Å². The van der Waals surface area contributed by atoms with E-state index in [1.54, 1.807) is 12.1 Å². The smallest absolute Gasteiger partial charge is 0.373 e. The van der Waals surface area contributed by atoms with Gasteiger partial charge < -0.3 is 9.84 Å². The molecule has 0 amide bonds. The minimum atomic E-state index is -0.743. The molecule has 0 radical (unpaired) electrons. The van der Waals surface area contributed by atoms with Crippen LogP contribution in [0.25, 0.3) is 6.08 Å². The highest BCUT2D eigenvalue weighted by Crippen LogP contribution is 2.12. The van der Waals surface area contributed by atoms with E-state index in [0.717, 1.165) is 10.0 Å². The molecule has 1 aromatic carbocycles. The maximum atomic E-state index is 10.8. The highest BCUT2D eigenvalue weighted by Gasteiger charge is 2.05. The number of esters is 1. The van der Waals surface area contributed by atoms with Crippen LogP contribution in [-0.2, 0) is 9.53 Å². The predicted molar refractivity (Wildman–Crippen MR) is 56.8 cm³/mol. The Hall–Kier alpha value is -1.29. The molecule has 74 valence electrons. The molecule has 1 rings (SSSR count). The van der Waals surface area contributed by atoms with E-state index in [-0.39, 0.29) is 0 Å². The van der Waals surface area contributed by atoms with Crippen LogP contribution in [0, 0.1) is 0 Å². The summed E-state index contributed by atoms with van der Waals surface area (Å²) >= 11 is 3.28. The molecule has 1 N–H and O–H groups in total. The molecular weight excluding hydrogens is 248 g/mol. The molecule has 0 unspecified atom stereocenters. The summed E-state index contributed by atoms with van der Waals surface area (Å²) < 4.78 is 5.28. The van der Waals surface area contributed by atoms with Gasteiger partial charge in [0.2, 0.25) is 5.76 Å². The lowest BCUT2D eigenvalue weighted by Crippen LogP contribution is -2.03. The van der Waals surface area contributed by atoms with E-state index < -0.39 is 11.7 Å². The number of carbonyl (C=O) groups excluding carboxylic acids is 1. The Balaban J connectivity index is 2.86. The van der Waals surface area contributed by atoms with Crippen LogP contribution in [0.3, 0.4) is 0 Å². The standard InChI is InChI=1S/C10H9BrO3/c1-14-10(13)9(12)6-7-2-4-8(11)5-3-7/h2-6,12H,1H3/b9-6-. The van der Waals surface area contributed by atoms with Crippen molar-refractivity contribution < 1.29 is 14.6 Å². The molecule has 1 aromatic rings. The lowest BCUT2D eigenvalue weighted by atomic mass is 10.2. The van der Waals surface area contributed by atoms with Gasteiger partial charge in [0.15, 0.2) is 0 Å². The SMILES string of the molecule is COC(=O)/C(O)=C/c1ccc(Br)cc1. The van der Waals surface area contributed by atoms with Crippen LogP contribution in [0.2, 0.25) is 0 Å². The zero-order valence-corrected chi connectivity index (χ0v) is 9.11. The van der Waals surface area contributed by atoms with Gasteiger partial charge in [-0.2, -0.15) is 0 Å². The summed E-state index contributed by atoms with van der Waals surface area (Å²) in [5.41, 5.74) is 0.733. The number of methoxy groups -OCH3 is 1. The Kier molecular flexibility index (Phi) is 3.71. The second-order valence-corrected chi connectivity index (χ2v) is 3.49. The predicted octanol–water partition coefficient (Wildman–Crippen LogP) is 2.52. The highest BCUT2D eigenvalue weighted by atomic mass is 79.9. The number of benzene rings is 1. The molecule has 0 aliphatic carbocycles. The molecule has 0 aliphatic rings. The number of hydrogen-bond donors (Lipinski definition) is 1. The van der Waals surface area contributed by atoms with Gasteiger partial charge in [-0.15, -0.1) is 0 Å². The first-order valence-electron chi connectivity index (χ1n) is 3.88. The highest BCUT2D eigenvalue weighted by molar-refractivity contribution is 9.10. The number of carbonyl (C=O) groups is 1. The second-order valence-electron chi connectivity index (χ2n) is 2.57. The average molecular weight is 257 g/mol. The molecule has 0 saturated carbocycles. The van der Waals surface area contributed by atoms with Gasteiger partial charge in [-0.25, -0.2) is 4.79 Å². The maximum absolute atomic E-state index is 10.8. The van der Waals surface area contributed by atoms with Crippen molar-refractivity contribution in [2.24, 2.45) is 0 Å². The molecular formula is C10H9BrO3. The van der Waals surface area contributed by atoms with E-state index in [9.17, 15) is 9.90 Å². The van der Waals surface area contributed by atoms with Crippen LogP contribution in [0.5, 0.6) is 0 Å². The molecule has 4 heteroatoms. The monoisotopic (exact) mass is 256 g/mol. The third kappa shape index (κ3) is 2.88. The summed E-state index contributed by atoms with van der Waals surface area (Å²) in [6.45, 7) is 0. The van der Waals surface area contributed by atoms with Crippen molar-refractivity contribution in [1.82, 2.24) is 0 Å². The fourth-order valence-electron chi connectivity index (χ4n) is 0.880. The van der Waals surface area contributed by atoms with Crippen LogP contribution in [0.15, 0.2) is 34.5 Å². The Morgan fingerprint density at radius 3 is 2.50 bits per heavy atom. The lowest BCUT2D eigenvalue weighted by Gasteiger charge is -1.97. The van der Waals surface area contributed by atoms with Crippen molar-refractivity contribution in [3.05, 3.63) is 40.1 Å². The van der Waals surface area contributed by atoms with Gasteiger partial charge in [-0.3, -0.25) is 0 Å². The van der Waals surface area contributed by atoms with Gasteiger partial charge in [0.25, 0.3) is 0 Å². The van der Waals surface area contributed by atoms with E-state index in [1.165, 1.54) is 13.2 Å². The Morgan fingerprint density at radius 2 is 2.00 bits per heavy atom. The van der Waals surface area contributed by atoms with Gasteiger partial charge in [-0.1, -0.05) is 28.1 Å². The van der Waals surface area contributed by atoms with Crippen molar-refractivity contribution in [2.75, 3.05) is 7.11 Å². The molecule has 3 nitrogen and oxygen atoms in total. The first-order chi connectivity index (χ1) is 6.63. The van der Waals surface area contributed by atoms with Crippen molar-refractivity contribution >= 4 is 28.0 Å². The number of hydrogen-bond acceptors (Lipinski definition) is 3. The summed E-state index contributed by atoms with van der Waals surface area (Å²) in [4.78, 5) is 10.8. The fourth-order valence-corrected chi connectivity index (χ4v) is 1.14. The summed E-state index contributed by atoms with van der Waals surface area (Å²) in [7, 11) is 1.22. The van der Waals surface area contributed by atoms with Gasteiger partial charge in [0.1, 0.15) is 0 Å². The van der Waals surface area contributed by atoms with Crippen LogP contribution >= 0.6 is 15.9 Å². The third-order valence-corrected chi connectivity index (χ3v) is 2.10. The first kappa shape index (κ1) is 10.8. The normalized spacial score (nSPS) is 11.1. The largest absolute Gasteiger partial charge is 0.502 e. The molecule has 0 atom stereocenters. The molecule has 0 aliphatic heterocycles. The van der Waals surface area contributed by atoms with Crippen molar-refractivity contribution in [1.29, 1.82) is 0 Å². The number of aliphatic hydroxyl groups is 1. The van der Waals surface area contributed by atoms with Gasteiger partial charge in [0, 0.05) is 4.47 Å². The summed E-state index contributed by atoms with van der Waals surface area (Å²) in [6.07, 6.45) is 1.35. The fraction of sp³-hybridized carbons (Fsp3) is 0.100. The number of ether oxygens (including phenoxy) is 1. The van der Waals surface area contributed by atoms with Crippen LogP contribution in [-0.4, -0.2) is 18.2 Å². The zero-order valence-electron chi connectivity index (χ0n) is 7.53. The molecule has 0 bridgehead atoms. The average Bonchev–Trinajstić information content (AvgIpc) is 2.20. The van der Waals surface area contributed by atoms with Crippen molar-refractivity contribution in [3.63, 3.8) is 0 Å².